The van der Waals surface area contributed by atoms with Gasteiger partial charge in [-0.15, -0.1) is 10.2 Å². The quantitative estimate of drug-likeness (QED) is 0.474. The number of benzene rings is 2. The average molecular weight is 427 g/mol. The van der Waals surface area contributed by atoms with E-state index in [1.54, 1.807) is 28.8 Å². The highest BCUT2D eigenvalue weighted by atomic mass is 35.5. The molecule has 0 aliphatic carbocycles. The number of nitrogens with zero attached hydrogens (tertiary/aromatic N) is 4. The largest absolute Gasteiger partial charge is 0.288 e. The SMILES string of the molecule is Cc1cc(C)cc(N(Cc2ccccc2Cl)S(=O)(=O)c2cccn3cnnc23)c1. The van der Waals surface area contributed by atoms with Crippen molar-refractivity contribution in [2.24, 2.45) is 0 Å². The predicted molar refractivity (Wildman–Crippen MR) is 114 cm³/mol. The van der Waals surface area contributed by atoms with Gasteiger partial charge in [0.1, 0.15) is 11.2 Å². The molecule has 0 atom stereocenters. The van der Waals surface area contributed by atoms with Crippen LogP contribution in [-0.4, -0.2) is 23.0 Å². The van der Waals surface area contributed by atoms with Crippen LogP contribution in [0.2, 0.25) is 5.02 Å². The fourth-order valence-electron chi connectivity index (χ4n) is 3.34. The van der Waals surface area contributed by atoms with Crippen LogP contribution in [0.4, 0.5) is 5.69 Å². The van der Waals surface area contributed by atoms with Crippen molar-refractivity contribution in [3.8, 4) is 0 Å². The van der Waals surface area contributed by atoms with Crippen LogP contribution in [0.3, 0.4) is 0 Å². The van der Waals surface area contributed by atoms with E-state index in [-0.39, 0.29) is 17.1 Å². The van der Waals surface area contributed by atoms with Gasteiger partial charge in [-0.25, -0.2) is 8.42 Å². The molecule has 2 aromatic carbocycles. The molecule has 29 heavy (non-hydrogen) atoms. The summed E-state index contributed by atoms with van der Waals surface area (Å²) in [5.41, 5.74) is 3.51. The van der Waals surface area contributed by atoms with Crippen LogP contribution in [-0.2, 0) is 16.6 Å². The number of pyridine rings is 1. The zero-order chi connectivity index (χ0) is 20.6. The van der Waals surface area contributed by atoms with E-state index in [0.29, 0.717) is 16.3 Å². The van der Waals surface area contributed by atoms with Gasteiger partial charge >= 0.3 is 0 Å². The summed E-state index contributed by atoms with van der Waals surface area (Å²) in [6, 6.07) is 16.2. The Morgan fingerprint density at radius 3 is 2.48 bits per heavy atom. The van der Waals surface area contributed by atoms with Crippen LogP contribution in [0, 0.1) is 13.8 Å². The molecule has 4 rings (SSSR count). The van der Waals surface area contributed by atoms with Gasteiger partial charge in [-0.3, -0.25) is 8.71 Å². The lowest BCUT2D eigenvalue weighted by atomic mass is 10.1. The van der Waals surface area contributed by atoms with Crippen LogP contribution in [0.25, 0.3) is 5.65 Å². The molecule has 0 bridgehead atoms. The highest BCUT2D eigenvalue weighted by Crippen LogP contribution is 2.30. The minimum atomic E-state index is -3.95. The zero-order valence-corrected chi connectivity index (χ0v) is 17.5. The normalized spacial score (nSPS) is 11.7. The summed E-state index contributed by atoms with van der Waals surface area (Å²) in [5, 5.41) is 8.36. The molecule has 0 fully saturated rings. The lowest BCUT2D eigenvalue weighted by Gasteiger charge is -2.26. The molecule has 8 heteroatoms. The van der Waals surface area contributed by atoms with Gasteiger partial charge in [0.2, 0.25) is 0 Å². The number of aryl methyl sites for hydroxylation is 2. The van der Waals surface area contributed by atoms with Crippen molar-refractivity contribution in [3.05, 3.63) is 88.8 Å². The van der Waals surface area contributed by atoms with E-state index in [9.17, 15) is 8.42 Å². The number of halogens is 1. The summed E-state index contributed by atoms with van der Waals surface area (Å²) in [6.07, 6.45) is 3.19. The van der Waals surface area contributed by atoms with Crippen molar-refractivity contribution in [2.75, 3.05) is 4.31 Å². The summed E-state index contributed by atoms with van der Waals surface area (Å²) in [5.74, 6) is 0. The topological polar surface area (TPSA) is 67.6 Å². The summed E-state index contributed by atoms with van der Waals surface area (Å²) in [6.45, 7) is 3.98. The highest BCUT2D eigenvalue weighted by Gasteiger charge is 2.29. The summed E-state index contributed by atoms with van der Waals surface area (Å²) in [7, 11) is -3.95. The first-order valence-electron chi connectivity index (χ1n) is 8.99. The molecule has 6 nitrogen and oxygen atoms in total. The number of sulfonamides is 1. The molecule has 2 heterocycles. The van der Waals surface area contributed by atoms with E-state index in [0.717, 1.165) is 11.1 Å². The van der Waals surface area contributed by atoms with Crippen LogP contribution in [0.15, 0.2) is 72.0 Å². The maximum Gasteiger partial charge on any atom is 0.268 e. The smallest absolute Gasteiger partial charge is 0.268 e. The van der Waals surface area contributed by atoms with Crippen molar-refractivity contribution in [2.45, 2.75) is 25.3 Å². The van der Waals surface area contributed by atoms with Gasteiger partial charge in [0.15, 0.2) is 5.65 Å². The first kappa shape index (κ1) is 19.4. The minimum Gasteiger partial charge on any atom is -0.288 e. The highest BCUT2D eigenvalue weighted by molar-refractivity contribution is 7.93. The van der Waals surface area contributed by atoms with Gasteiger partial charge in [-0.1, -0.05) is 35.9 Å². The van der Waals surface area contributed by atoms with Crippen LogP contribution in [0.5, 0.6) is 0 Å². The fourth-order valence-corrected chi connectivity index (χ4v) is 5.09. The van der Waals surface area contributed by atoms with Crippen LogP contribution < -0.4 is 4.31 Å². The molecule has 0 unspecified atom stereocenters. The van der Waals surface area contributed by atoms with E-state index in [1.165, 1.54) is 10.6 Å². The molecule has 0 aliphatic heterocycles. The summed E-state index contributed by atoms with van der Waals surface area (Å²) in [4.78, 5) is 0.0868. The van der Waals surface area contributed by atoms with E-state index >= 15 is 0 Å². The van der Waals surface area contributed by atoms with Gasteiger partial charge in [0.05, 0.1) is 12.2 Å². The Bertz CT molecular complexity index is 1280. The van der Waals surface area contributed by atoms with E-state index in [1.807, 2.05) is 50.2 Å². The third-order valence-corrected chi connectivity index (χ3v) is 6.79. The lowest BCUT2D eigenvalue weighted by Crippen LogP contribution is -2.31. The maximum absolute atomic E-state index is 13.8. The molecule has 0 N–H and O–H groups in total. The van der Waals surface area contributed by atoms with Gasteiger partial charge in [0, 0.05) is 11.2 Å². The first-order chi connectivity index (χ1) is 13.9. The lowest BCUT2D eigenvalue weighted by molar-refractivity contribution is 0.590. The molecule has 0 aliphatic rings. The molecule has 0 radical (unpaired) electrons. The van der Waals surface area contributed by atoms with Gasteiger partial charge in [-0.05, 0) is 60.9 Å². The molecule has 2 aromatic heterocycles. The number of hydrogen-bond donors (Lipinski definition) is 0. The van der Waals surface area contributed by atoms with Crippen molar-refractivity contribution < 1.29 is 8.42 Å². The molecule has 148 valence electrons. The zero-order valence-electron chi connectivity index (χ0n) is 15.9. The predicted octanol–water partition coefficient (Wildman–Crippen LogP) is 4.40. The third kappa shape index (κ3) is 3.71. The maximum atomic E-state index is 13.8. The second-order valence-corrected chi connectivity index (χ2v) is 9.12. The second kappa shape index (κ2) is 7.50. The number of hydrogen-bond acceptors (Lipinski definition) is 4. The Morgan fingerprint density at radius 1 is 1.03 bits per heavy atom. The van der Waals surface area contributed by atoms with Gasteiger partial charge in [-0.2, -0.15) is 0 Å². The molecule has 0 amide bonds. The second-order valence-electron chi connectivity index (χ2n) is 6.88. The molecule has 4 aromatic rings. The molecular formula is C21H19ClN4O2S. The van der Waals surface area contributed by atoms with E-state index in [4.69, 9.17) is 11.6 Å². The van der Waals surface area contributed by atoms with Crippen molar-refractivity contribution >= 4 is 33.0 Å². The first-order valence-corrected chi connectivity index (χ1v) is 10.8. The summed E-state index contributed by atoms with van der Waals surface area (Å²) >= 11 is 6.34. The standard InChI is InChI=1S/C21H19ClN4O2S/c1-15-10-16(2)12-18(11-15)26(13-17-6-3-4-7-19(17)22)29(27,28)20-8-5-9-25-14-23-24-21(20)25/h3-12,14H,13H2,1-2H3. The van der Waals surface area contributed by atoms with Crippen molar-refractivity contribution in [1.82, 2.24) is 14.6 Å². The Morgan fingerprint density at radius 2 is 1.76 bits per heavy atom. The third-order valence-electron chi connectivity index (χ3n) is 4.62. The van der Waals surface area contributed by atoms with Crippen LogP contribution in [0.1, 0.15) is 16.7 Å². The van der Waals surface area contributed by atoms with Crippen molar-refractivity contribution in [1.29, 1.82) is 0 Å². The monoisotopic (exact) mass is 426 g/mol. The van der Waals surface area contributed by atoms with Crippen molar-refractivity contribution in [3.63, 3.8) is 0 Å². The van der Waals surface area contributed by atoms with Gasteiger partial charge in [0.25, 0.3) is 10.0 Å². The van der Waals surface area contributed by atoms with Crippen LogP contribution >= 0.6 is 11.6 Å². The summed E-state index contributed by atoms with van der Waals surface area (Å²) < 4.78 is 30.5. The number of anilines is 1. The Hall–Kier alpha value is -2.90. The number of aromatic nitrogens is 3. The number of fused-ring (bicyclic) bond motifs is 1. The minimum absolute atomic E-state index is 0.0868. The fraction of sp³-hybridized carbons (Fsp3) is 0.143. The van der Waals surface area contributed by atoms with E-state index in [2.05, 4.69) is 10.2 Å². The van der Waals surface area contributed by atoms with Gasteiger partial charge < -0.3 is 0 Å². The Kier molecular flexibility index (Phi) is 5.02. The molecule has 0 saturated carbocycles. The van der Waals surface area contributed by atoms with E-state index < -0.39 is 10.0 Å². The Labute approximate surface area is 174 Å². The molecular weight excluding hydrogens is 408 g/mol. The molecule has 0 saturated heterocycles. The Balaban J connectivity index is 1.91. The average Bonchev–Trinajstić information content (AvgIpc) is 3.15. The number of rotatable bonds is 5. The molecule has 0 spiro atoms.